The lowest BCUT2D eigenvalue weighted by Gasteiger charge is -2.21. The Morgan fingerprint density at radius 1 is 1.25 bits per heavy atom. The Hall–Kier alpha value is -2.16. The van der Waals surface area contributed by atoms with Gasteiger partial charge < -0.3 is 14.8 Å². The topological polar surface area (TPSA) is 64.6 Å². The first kappa shape index (κ1) is 19.9. The molecule has 24 heavy (non-hydrogen) atoms. The summed E-state index contributed by atoms with van der Waals surface area (Å²) in [6, 6.07) is 4.64. The third-order valence-corrected chi connectivity index (χ3v) is 2.77. The number of carbonyl (C=O) groups is 2. The number of hydrogen-bond acceptors (Lipinski definition) is 5. The van der Waals surface area contributed by atoms with E-state index in [0.29, 0.717) is 6.29 Å². The normalized spacial score (nSPS) is 12.5. The van der Waals surface area contributed by atoms with Crippen LogP contribution < -0.4 is 10.1 Å². The number of halogens is 3. The molecule has 0 fully saturated rings. The van der Waals surface area contributed by atoms with E-state index < -0.39 is 22.8 Å². The van der Waals surface area contributed by atoms with Crippen molar-refractivity contribution in [2.75, 3.05) is 11.9 Å². The maximum absolute atomic E-state index is 12.0. The molecule has 0 aliphatic carbocycles. The van der Waals surface area contributed by atoms with Gasteiger partial charge in [0, 0.05) is 11.8 Å². The van der Waals surface area contributed by atoms with Crippen LogP contribution in [0.1, 0.15) is 13.8 Å². The molecule has 0 bridgehead atoms. The summed E-state index contributed by atoms with van der Waals surface area (Å²) in [7, 11) is 0. The standard InChI is InChI=1S/C15H16F3NO4S/c1-14(2,24)12(7-8-20)22-9-13(21)19-10-3-5-11(6-4-10)23-15(16,17)18/h3-8,24H,9H2,1-2H3,(H,19,21)/b12-7+. The van der Waals surface area contributed by atoms with E-state index in [-0.39, 0.29) is 18.1 Å². The van der Waals surface area contributed by atoms with Crippen LogP contribution in [0.5, 0.6) is 5.75 Å². The summed E-state index contributed by atoms with van der Waals surface area (Å²) in [6.07, 6.45) is -3.10. The molecular weight excluding hydrogens is 347 g/mol. The molecule has 0 heterocycles. The van der Waals surface area contributed by atoms with Crippen LogP contribution in [-0.2, 0) is 14.3 Å². The van der Waals surface area contributed by atoms with Crippen molar-refractivity contribution in [2.45, 2.75) is 25.0 Å². The van der Waals surface area contributed by atoms with Crippen LogP contribution >= 0.6 is 12.6 Å². The number of carbonyl (C=O) groups excluding carboxylic acids is 2. The predicted octanol–water partition coefficient (Wildman–Crippen LogP) is 3.33. The van der Waals surface area contributed by atoms with E-state index in [9.17, 15) is 22.8 Å². The van der Waals surface area contributed by atoms with Crippen LogP contribution in [0.4, 0.5) is 18.9 Å². The minimum atomic E-state index is -4.78. The fraction of sp³-hybridized carbons (Fsp3) is 0.333. The van der Waals surface area contributed by atoms with Crippen molar-refractivity contribution in [1.82, 2.24) is 0 Å². The number of allylic oxidation sites excluding steroid dienone is 1. The zero-order chi connectivity index (χ0) is 18.4. The molecule has 0 saturated heterocycles. The Morgan fingerprint density at radius 3 is 2.29 bits per heavy atom. The van der Waals surface area contributed by atoms with Crippen LogP contribution in [-0.4, -0.2) is 29.9 Å². The van der Waals surface area contributed by atoms with Gasteiger partial charge >= 0.3 is 6.36 Å². The molecule has 0 aliphatic rings. The van der Waals surface area contributed by atoms with Crippen molar-refractivity contribution in [3.63, 3.8) is 0 Å². The van der Waals surface area contributed by atoms with Crippen molar-refractivity contribution >= 4 is 30.5 Å². The summed E-state index contributed by atoms with van der Waals surface area (Å²) in [6.45, 7) is 2.98. The number of ether oxygens (including phenoxy) is 2. The van der Waals surface area contributed by atoms with Gasteiger partial charge in [-0.15, -0.1) is 13.2 Å². The zero-order valence-corrected chi connectivity index (χ0v) is 13.8. The highest BCUT2D eigenvalue weighted by Gasteiger charge is 2.31. The fourth-order valence-electron chi connectivity index (χ4n) is 1.57. The van der Waals surface area contributed by atoms with Crippen molar-refractivity contribution in [3.05, 3.63) is 36.1 Å². The molecule has 0 atom stereocenters. The number of aldehydes is 1. The molecule has 5 nitrogen and oxygen atoms in total. The number of thiol groups is 1. The number of benzene rings is 1. The summed E-state index contributed by atoms with van der Waals surface area (Å²) < 4.78 is 44.3. The quantitative estimate of drug-likeness (QED) is 0.338. The summed E-state index contributed by atoms with van der Waals surface area (Å²) in [4.78, 5) is 22.3. The smallest absolute Gasteiger partial charge is 0.487 e. The fourth-order valence-corrected chi connectivity index (χ4v) is 1.71. The van der Waals surface area contributed by atoms with E-state index >= 15 is 0 Å². The molecule has 132 valence electrons. The molecule has 0 aromatic heterocycles. The maximum Gasteiger partial charge on any atom is 0.573 e. The second kappa shape index (κ2) is 8.09. The number of alkyl halides is 3. The lowest BCUT2D eigenvalue weighted by atomic mass is 10.1. The van der Waals surface area contributed by atoms with E-state index in [2.05, 4.69) is 22.7 Å². The van der Waals surface area contributed by atoms with E-state index in [1.54, 1.807) is 13.8 Å². The zero-order valence-electron chi connectivity index (χ0n) is 12.9. The molecule has 1 N–H and O–H groups in total. The number of rotatable bonds is 7. The summed E-state index contributed by atoms with van der Waals surface area (Å²) in [5.74, 6) is -0.733. The van der Waals surface area contributed by atoms with E-state index in [0.717, 1.165) is 18.2 Å². The second-order valence-electron chi connectivity index (χ2n) is 5.14. The average molecular weight is 363 g/mol. The first-order valence-electron chi connectivity index (χ1n) is 6.68. The van der Waals surface area contributed by atoms with Gasteiger partial charge in [-0.25, -0.2) is 0 Å². The molecule has 0 aliphatic heterocycles. The maximum atomic E-state index is 12.0. The third kappa shape index (κ3) is 7.40. The molecule has 0 unspecified atom stereocenters. The Balaban J connectivity index is 2.59. The van der Waals surface area contributed by atoms with Gasteiger partial charge in [0.15, 0.2) is 6.61 Å². The molecule has 1 aromatic carbocycles. The molecule has 0 radical (unpaired) electrons. The highest BCUT2D eigenvalue weighted by Crippen LogP contribution is 2.25. The van der Waals surface area contributed by atoms with Gasteiger partial charge in [-0.3, -0.25) is 9.59 Å². The highest BCUT2D eigenvalue weighted by molar-refractivity contribution is 7.82. The molecule has 0 spiro atoms. The van der Waals surface area contributed by atoms with Crippen LogP contribution in [0.15, 0.2) is 36.1 Å². The summed E-state index contributed by atoms with van der Waals surface area (Å²) in [5.41, 5.74) is 0.268. The van der Waals surface area contributed by atoms with Gasteiger partial charge in [-0.2, -0.15) is 12.6 Å². The minimum absolute atomic E-state index is 0.213. The van der Waals surface area contributed by atoms with Gasteiger partial charge in [0.2, 0.25) is 0 Å². The van der Waals surface area contributed by atoms with Gasteiger partial charge in [-0.1, -0.05) is 0 Å². The average Bonchev–Trinajstić information content (AvgIpc) is 2.42. The Morgan fingerprint density at radius 2 is 1.83 bits per heavy atom. The summed E-state index contributed by atoms with van der Waals surface area (Å²) >= 11 is 4.24. The number of nitrogens with one attached hydrogen (secondary N) is 1. The molecular formula is C15H16F3NO4S. The third-order valence-electron chi connectivity index (χ3n) is 2.55. The van der Waals surface area contributed by atoms with Crippen LogP contribution in [0, 0.1) is 0 Å². The molecule has 1 amide bonds. The van der Waals surface area contributed by atoms with Gasteiger partial charge in [-0.05, 0) is 38.1 Å². The van der Waals surface area contributed by atoms with Crippen LogP contribution in [0.2, 0.25) is 0 Å². The largest absolute Gasteiger partial charge is 0.573 e. The molecule has 1 aromatic rings. The lowest BCUT2D eigenvalue weighted by Crippen LogP contribution is -2.23. The molecule has 1 rings (SSSR count). The second-order valence-corrected chi connectivity index (χ2v) is 6.25. The van der Waals surface area contributed by atoms with Crippen molar-refractivity contribution < 1.29 is 32.2 Å². The summed E-state index contributed by atoms with van der Waals surface area (Å²) in [5, 5.41) is 2.44. The molecule has 0 saturated carbocycles. The van der Waals surface area contributed by atoms with Crippen molar-refractivity contribution in [2.24, 2.45) is 0 Å². The monoisotopic (exact) mass is 363 g/mol. The van der Waals surface area contributed by atoms with E-state index in [1.165, 1.54) is 12.1 Å². The minimum Gasteiger partial charge on any atom is -0.487 e. The first-order valence-corrected chi connectivity index (χ1v) is 7.13. The highest BCUT2D eigenvalue weighted by atomic mass is 32.1. The Labute approximate surface area is 142 Å². The van der Waals surface area contributed by atoms with Gasteiger partial charge in [0.05, 0.1) is 4.75 Å². The van der Waals surface area contributed by atoms with Crippen LogP contribution in [0.3, 0.4) is 0 Å². The van der Waals surface area contributed by atoms with E-state index in [4.69, 9.17) is 4.74 Å². The Bertz CT molecular complexity index is 607. The van der Waals surface area contributed by atoms with Crippen LogP contribution in [0.25, 0.3) is 0 Å². The first-order chi connectivity index (χ1) is 11.0. The Kier molecular flexibility index (Phi) is 6.70. The van der Waals surface area contributed by atoms with Gasteiger partial charge in [0.1, 0.15) is 17.8 Å². The van der Waals surface area contributed by atoms with Crippen molar-refractivity contribution in [1.29, 1.82) is 0 Å². The lowest BCUT2D eigenvalue weighted by molar-refractivity contribution is -0.274. The SMILES string of the molecule is CC(C)(S)/C(=C\C=O)OCC(=O)Nc1ccc(OC(F)(F)F)cc1. The molecule has 9 heteroatoms. The van der Waals surface area contributed by atoms with Crippen molar-refractivity contribution in [3.8, 4) is 5.75 Å². The van der Waals surface area contributed by atoms with Gasteiger partial charge in [0.25, 0.3) is 5.91 Å². The number of anilines is 1. The predicted molar refractivity (Wildman–Crippen MR) is 84.9 cm³/mol. The van der Waals surface area contributed by atoms with E-state index in [1.807, 2.05) is 0 Å². The number of hydrogen-bond donors (Lipinski definition) is 2. The number of amides is 1.